The Morgan fingerprint density at radius 1 is 1.05 bits per heavy atom. The second-order valence-corrected chi connectivity index (χ2v) is 6.52. The van der Waals surface area contributed by atoms with E-state index >= 15 is 0 Å². The molecule has 3 atom stereocenters. The number of nitrogens with zero attached hydrogens (tertiary/aromatic N) is 2. The topological polar surface area (TPSA) is 26.7 Å². The highest BCUT2D eigenvalue weighted by Gasteiger charge is 2.29. The van der Waals surface area contributed by atoms with Crippen LogP contribution >= 0.6 is 0 Å². The first-order chi connectivity index (χ1) is 9.06. The lowest BCUT2D eigenvalue weighted by atomic mass is 9.78. The molecule has 1 rings (SSSR count). The van der Waals surface area contributed by atoms with Gasteiger partial charge >= 0.3 is 0 Å². The SMILES string of the molecule is CCCN(CCN(C)C)CC1CC(CC)CCC1O. The van der Waals surface area contributed by atoms with Crippen molar-refractivity contribution in [3.05, 3.63) is 0 Å². The third-order valence-electron chi connectivity index (χ3n) is 4.52. The second-order valence-electron chi connectivity index (χ2n) is 6.52. The first kappa shape index (κ1) is 16.9. The Bertz CT molecular complexity index is 233. The number of likely N-dealkylation sites (N-methyl/N-ethyl adjacent to an activating group) is 1. The highest BCUT2D eigenvalue weighted by molar-refractivity contribution is 4.81. The summed E-state index contributed by atoms with van der Waals surface area (Å²) in [5.74, 6) is 1.33. The van der Waals surface area contributed by atoms with Gasteiger partial charge < -0.3 is 14.9 Å². The molecule has 0 amide bonds. The van der Waals surface area contributed by atoms with E-state index in [0.717, 1.165) is 38.5 Å². The van der Waals surface area contributed by atoms with Gasteiger partial charge in [0.05, 0.1) is 6.10 Å². The van der Waals surface area contributed by atoms with Crippen molar-refractivity contribution in [3.8, 4) is 0 Å². The van der Waals surface area contributed by atoms with Gasteiger partial charge in [-0.25, -0.2) is 0 Å². The average Bonchev–Trinajstić information content (AvgIpc) is 2.38. The number of hydrogen-bond acceptors (Lipinski definition) is 3. The molecule has 1 aliphatic carbocycles. The lowest BCUT2D eigenvalue weighted by Crippen LogP contribution is -2.41. The molecule has 3 nitrogen and oxygen atoms in total. The third kappa shape index (κ3) is 6.24. The molecule has 3 unspecified atom stereocenters. The number of rotatable bonds is 8. The maximum absolute atomic E-state index is 10.2. The lowest BCUT2D eigenvalue weighted by molar-refractivity contribution is 0.0257. The zero-order valence-electron chi connectivity index (χ0n) is 13.4. The summed E-state index contributed by atoms with van der Waals surface area (Å²) in [5.41, 5.74) is 0. The molecule has 114 valence electrons. The maximum Gasteiger partial charge on any atom is 0.0580 e. The zero-order valence-corrected chi connectivity index (χ0v) is 13.4. The molecule has 1 aliphatic rings. The molecule has 0 spiro atoms. The van der Waals surface area contributed by atoms with E-state index in [4.69, 9.17) is 0 Å². The van der Waals surface area contributed by atoms with Gasteiger partial charge in [0, 0.05) is 19.6 Å². The zero-order chi connectivity index (χ0) is 14.3. The molecule has 0 heterocycles. The van der Waals surface area contributed by atoms with Crippen LogP contribution in [-0.2, 0) is 0 Å². The summed E-state index contributed by atoms with van der Waals surface area (Å²) < 4.78 is 0. The monoisotopic (exact) mass is 270 g/mol. The van der Waals surface area contributed by atoms with Gasteiger partial charge in [0.2, 0.25) is 0 Å². The summed E-state index contributed by atoms with van der Waals surface area (Å²) in [4.78, 5) is 4.79. The molecular formula is C16H34N2O. The van der Waals surface area contributed by atoms with Gasteiger partial charge in [-0.15, -0.1) is 0 Å². The highest BCUT2D eigenvalue weighted by Crippen LogP contribution is 2.31. The van der Waals surface area contributed by atoms with Gasteiger partial charge in [0.15, 0.2) is 0 Å². The van der Waals surface area contributed by atoms with E-state index in [1.807, 2.05) is 0 Å². The molecule has 1 saturated carbocycles. The third-order valence-corrected chi connectivity index (χ3v) is 4.52. The van der Waals surface area contributed by atoms with Crippen LogP contribution in [0.5, 0.6) is 0 Å². The van der Waals surface area contributed by atoms with Gasteiger partial charge in [-0.1, -0.05) is 20.3 Å². The quantitative estimate of drug-likeness (QED) is 0.734. The minimum atomic E-state index is -0.0680. The molecule has 19 heavy (non-hydrogen) atoms. The van der Waals surface area contributed by atoms with Crippen molar-refractivity contribution >= 4 is 0 Å². The Labute approximate surface area is 120 Å². The summed E-state index contributed by atoms with van der Waals surface area (Å²) in [7, 11) is 4.26. The molecule has 0 aliphatic heterocycles. The van der Waals surface area contributed by atoms with Crippen molar-refractivity contribution in [2.75, 3.05) is 40.3 Å². The fourth-order valence-corrected chi connectivity index (χ4v) is 3.20. The van der Waals surface area contributed by atoms with Crippen LogP contribution in [0, 0.1) is 11.8 Å². The van der Waals surface area contributed by atoms with Crippen LogP contribution in [0.1, 0.15) is 46.0 Å². The van der Waals surface area contributed by atoms with Crippen LogP contribution < -0.4 is 0 Å². The van der Waals surface area contributed by atoms with E-state index in [1.54, 1.807) is 0 Å². The normalized spacial score (nSPS) is 28.3. The molecule has 3 heteroatoms. The first-order valence-electron chi connectivity index (χ1n) is 8.11. The average molecular weight is 270 g/mol. The van der Waals surface area contributed by atoms with Gasteiger partial charge in [-0.2, -0.15) is 0 Å². The van der Waals surface area contributed by atoms with Gasteiger partial charge in [0.1, 0.15) is 0 Å². The van der Waals surface area contributed by atoms with Crippen molar-refractivity contribution in [3.63, 3.8) is 0 Å². The van der Waals surface area contributed by atoms with Crippen LogP contribution in [-0.4, -0.2) is 61.3 Å². The maximum atomic E-state index is 10.2. The summed E-state index contributed by atoms with van der Waals surface area (Å²) in [6.45, 7) is 9.01. The Morgan fingerprint density at radius 2 is 1.79 bits per heavy atom. The minimum Gasteiger partial charge on any atom is -0.393 e. The molecular weight excluding hydrogens is 236 g/mol. The second kappa shape index (κ2) is 8.93. The van der Waals surface area contributed by atoms with E-state index in [-0.39, 0.29) is 6.10 Å². The van der Waals surface area contributed by atoms with Gasteiger partial charge in [-0.05, 0) is 58.2 Å². The van der Waals surface area contributed by atoms with Crippen molar-refractivity contribution < 1.29 is 5.11 Å². The van der Waals surface area contributed by atoms with Crippen LogP contribution in [0.25, 0.3) is 0 Å². The number of aliphatic hydroxyl groups excluding tert-OH is 1. The Balaban J connectivity index is 2.45. The molecule has 0 bridgehead atoms. The van der Waals surface area contributed by atoms with Crippen molar-refractivity contribution in [1.82, 2.24) is 9.80 Å². The fraction of sp³-hybridized carbons (Fsp3) is 1.00. The largest absolute Gasteiger partial charge is 0.393 e. The van der Waals surface area contributed by atoms with Gasteiger partial charge in [-0.3, -0.25) is 0 Å². The number of hydrogen-bond donors (Lipinski definition) is 1. The van der Waals surface area contributed by atoms with Crippen LogP contribution in [0.3, 0.4) is 0 Å². The van der Waals surface area contributed by atoms with Crippen LogP contribution in [0.4, 0.5) is 0 Å². The van der Waals surface area contributed by atoms with Crippen molar-refractivity contribution in [2.24, 2.45) is 11.8 Å². The molecule has 0 aromatic rings. The summed E-state index contributed by atoms with van der Waals surface area (Å²) in [5, 5.41) is 10.2. The smallest absolute Gasteiger partial charge is 0.0580 e. The molecule has 0 aromatic heterocycles. The molecule has 0 radical (unpaired) electrons. The van der Waals surface area contributed by atoms with Gasteiger partial charge in [0.25, 0.3) is 0 Å². The molecule has 1 N–H and O–H groups in total. The number of aliphatic hydroxyl groups is 1. The lowest BCUT2D eigenvalue weighted by Gasteiger charge is -2.36. The summed E-state index contributed by atoms with van der Waals surface area (Å²) >= 11 is 0. The Kier molecular flexibility index (Phi) is 7.96. The molecule has 0 saturated heterocycles. The fourth-order valence-electron chi connectivity index (χ4n) is 3.20. The van der Waals surface area contributed by atoms with Crippen molar-refractivity contribution in [1.29, 1.82) is 0 Å². The van der Waals surface area contributed by atoms with Crippen LogP contribution in [0.15, 0.2) is 0 Å². The standard InChI is InChI=1S/C16H34N2O/c1-5-9-18(11-10-17(3)4)13-15-12-14(6-2)7-8-16(15)19/h14-16,19H,5-13H2,1-4H3. The first-order valence-corrected chi connectivity index (χ1v) is 8.11. The predicted molar refractivity (Wildman–Crippen MR) is 82.4 cm³/mol. The van der Waals surface area contributed by atoms with Crippen molar-refractivity contribution in [2.45, 2.75) is 52.1 Å². The van der Waals surface area contributed by atoms with E-state index in [1.165, 1.54) is 25.7 Å². The Hall–Kier alpha value is -0.120. The van der Waals surface area contributed by atoms with E-state index < -0.39 is 0 Å². The Morgan fingerprint density at radius 3 is 2.37 bits per heavy atom. The van der Waals surface area contributed by atoms with E-state index in [9.17, 15) is 5.11 Å². The predicted octanol–water partition coefficient (Wildman–Crippen LogP) is 2.45. The summed E-state index contributed by atoms with van der Waals surface area (Å²) in [6, 6.07) is 0. The minimum absolute atomic E-state index is 0.0680. The molecule has 1 fully saturated rings. The highest BCUT2D eigenvalue weighted by atomic mass is 16.3. The van der Waals surface area contributed by atoms with E-state index in [2.05, 4.69) is 37.7 Å². The summed E-state index contributed by atoms with van der Waals surface area (Å²) in [6.07, 6.45) is 5.86. The van der Waals surface area contributed by atoms with Crippen LogP contribution in [0.2, 0.25) is 0 Å². The van der Waals surface area contributed by atoms with E-state index in [0.29, 0.717) is 5.92 Å². The molecule has 0 aromatic carbocycles.